The lowest BCUT2D eigenvalue weighted by molar-refractivity contribution is -0.122. The van der Waals surface area contributed by atoms with Gasteiger partial charge in [0.1, 0.15) is 0 Å². The third kappa shape index (κ3) is 6.10. The zero-order chi connectivity index (χ0) is 27.2. The number of esters is 2. The van der Waals surface area contributed by atoms with Crippen LogP contribution < -0.4 is 10.2 Å². The van der Waals surface area contributed by atoms with Gasteiger partial charge in [0.05, 0.1) is 35.3 Å². The number of anilines is 2. The molecular weight excluding hydrogens is 488 g/mol. The molecule has 2 aromatic rings. The fourth-order valence-corrected chi connectivity index (χ4v) is 4.88. The molecule has 4 rings (SSSR count). The molecule has 3 atom stereocenters. The van der Waals surface area contributed by atoms with E-state index in [9.17, 15) is 24.0 Å². The van der Waals surface area contributed by atoms with Gasteiger partial charge in [0.15, 0.2) is 6.61 Å². The monoisotopic (exact) mass is 520 g/mol. The first-order chi connectivity index (χ1) is 18.3. The first-order valence-electron chi connectivity index (χ1n) is 13.0. The molecule has 1 saturated carbocycles. The van der Waals surface area contributed by atoms with Crippen LogP contribution in [0.25, 0.3) is 0 Å². The minimum atomic E-state index is -0.710. The van der Waals surface area contributed by atoms with Crippen LogP contribution in [-0.4, -0.2) is 42.9 Å². The van der Waals surface area contributed by atoms with E-state index >= 15 is 0 Å². The van der Waals surface area contributed by atoms with Crippen molar-refractivity contribution in [1.82, 2.24) is 0 Å². The molecule has 9 nitrogen and oxygen atoms in total. The van der Waals surface area contributed by atoms with Crippen molar-refractivity contribution < 1.29 is 33.4 Å². The van der Waals surface area contributed by atoms with Crippen LogP contribution >= 0.6 is 0 Å². The van der Waals surface area contributed by atoms with E-state index in [0.29, 0.717) is 35.9 Å². The number of nitrogens with one attached hydrogen (secondary N) is 1. The van der Waals surface area contributed by atoms with Gasteiger partial charge in [0.25, 0.3) is 5.91 Å². The van der Waals surface area contributed by atoms with Crippen LogP contribution in [0.1, 0.15) is 66.7 Å². The van der Waals surface area contributed by atoms with Crippen LogP contribution in [0.5, 0.6) is 0 Å². The van der Waals surface area contributed by atoms with Crippen molar-refractivity contribution >= 4 is 41.0 Å². The number of nitrogens with zero attached hydrogens (tertiary/aromatic N) is 1. The number of ether oxygens (including phenoxy) is 2. The summed E-state index contributed by atoms with van der Waals surface area (Å²) in [5, 5.41) is 2.60. The van der Waals surface area contributed by atoms with E-state index in [1.165, 1.54) is 17.0 Å². The number of imide groups is 1. The average molecular weight is 521 g/mol. The van der Waals surface area contributed by atoms with Crippen LogP contribution in [0.3, 0.4) is 0 Å². The second-order valence-corrected chi connectivity index (χ2v) is 9.88. The van der Waals surface area contributed by atoms with Crippen molar-refractivity contribution in [2.75, 3.05) is 23.4 Å². The van der Waals surface area contributed by atoms with E-state index in [4.69, 9.17) is 9.47 Å². The molecule has 1 aliphatic carbocycles. The topological polar surface area (TPSA) is 119 Å². The smallest absolute Gasteiger partial charge is 0.338 e. The molecule has 3 amide bonds. The van der Waals surface area contributed by atoms with E-state index in [1.807, 2.05) is 6.92 Å². The molecule has 2 aliphatic rings. The summed E-state index contributed by atoms with van der Waals surface area (Å²) in [6.45, 7) is 3.95. The summed E-state index contributed by atoms with van der Waals surface area (Å²) < 4.78 is 10.3. The van der Waals surface area contributed by atoms with Gasteiger partial charge in [-0.3, -0.25) is 19.3 Å². The highest BCUT2D eigenvalue weighted by Gasteiger charge is 2.49. The fourth-order valence-electron chi connectivity index (χ4n) is 4.88. The maximum Gasteiger partial charge on any atom is 0.338 e. The lowest BCUT2D eigenvalue weighted by Gasteiger charge is -2.25. The lowest BCUT2D eigenvalue weighted by Crippen LogP contribution is -2.30. The molecule has 0 unspecified atom stereocenters. The minimum absolute atomic E-state index is 0.180. The highest BCUT2D eigenvalue weighted by molar-refractivity contribution is 6.22. The summed E-state index contributed by atoms with van der Waals surface area (Å²) in [7, 11) is 0. The largest absolute Gasteiger partial charge is 0.462 e. The van der Waals surface area contributed by atoms with Gasteiger partial charge in [-0.25, -0.2) is 9.59 Å². The summed E-state index contributed by atoms with van der Waals surface area (Å²) in [4.78, 5) is 63.6. The Bertz CT molecular complexity index is 1210. The van der Waals surface area contributed by atoms with E-state index in [0.717, 1.165) is 25.7 Å². The van der Waals surface area contributed by atoms with Gasteiger partial charge in [0.2, 0.25) is 11.8 Å². The highest BCUT2D eigenvalue weighted by Crippen LogP contribution is 2.42. The molecule has 0 aromatic heterocycles. The predicted molar refractivity (Wildman–Crippen MR) is 139 cm³/mol. The minimum Gasteiger partial charge on any atom is -0.462 e. The first kappa shape index (κ1) is 27.0. The molecule has 38 heavy (non-hydrogen) atoms. The molecule has 1 aliphatic heterocycles. The average Bonchev–Trinajstić information content (AvgIpc) is 3.16. The molecule has 1 heterocycles. The Hall–Kier alpha value is -4.01. The summed E-state index contributed by atoms with van der Waals surface area (Å²) in [6, 6.07) is 12.2. The van der Waals surface area contributed by atoms with Crippen LogP contribution in [-0.2, 0) is 23.9 Å². The second kappa shape index (κ2) is 12.0. The first-order valence-corrected chi connectivity index (χ1v) is 13.0. The van der Waals surface area contributed by atoms with Crippen LogP contribution in [0, 0.1) is 17.8 Å². The Labute approximate surface area is 221 Å². The van der Waals surface area contributed by atoms with Crippen molar-refractivity contribution in [1.29, 1.82) is 0 Å². The van der Waals surface area contributed by atoms with Gasteiger partial charge in [0, 0.05) is 5.69 Å². The Morgan fingerprint density at radius 2 is 1.47 bits per heavy atom. The van der Waals surface area contributed by atoms with Gasteiger partial charge in [-0.2, -0.15) is 0 Å². The highest BCUT2D eigenvalue weighted by atomic mass is 16.5. The van der Waals surface area contributed by atoms with Crippen molar-refractivity contribution in [2.45, 2.75) is 46.0 Å². The lowest BCUT2D eigenvalue weighted by atomic mass is 9.76. The number of hydrogen-bond acceptors (Lipinski definition) is 7. The SMILES string of the molecule is CCCCOC(=O)c1ccc(NC(=O)COC(=O)c2ccc(N3C(=O)[C@H]4C[C@H](C)CC[C@H]4C3=O)cc2)cc1. The molecule has 2 aromatic carbocycles. The van der Waals surface area contributed by atoms with E-state index in [-0.39, 0.29) is 29.2 Å². The molecule has 0 spiro atoms. The van der Waals surface area contributed by atoms with Crippen molar-refractivity contribution in [3.8, 4) is 0 Å². The summed E-state index contributed by atoms with van der Waals surface area (Å²) in [5.41, 5.74) is 1.43. The zero-order valence-corrected chi connectivity index (χ0v) is 21.6. The van der Waals surface area contributed by atoms with Crippen molar-refractivity contribution in [3.63, 3.8) is 0 Å². The molecule has 2 fully saturated rings. The number of benzene rings is 2. The van der Waals surface area contributed by atoms with Crippen LogP contribution in [0.4, 0.5) is 11.4 Å². The standard InChI is InChI=1S/C29H32N2O7/c1-3-4-15-37-28(35)19-6-10-21(11-7-19)30-25(32)17-38-29(36)20-8-12-22(13-9-20)31-26(33)23-14-5-18(2)16-24(23)27(31)34/h6-13,18,23-24H,3-5,14-17H2,1-2H3,(H,30,32)/t18-,23-,24+/m1/s1. The normalized spacial score (nSPS) is 20.6. The number of unbranched alkanes of at least 4 members (excludes halogenated alkanes) is 1. The number of fused-ring (bicyclic) bond motifs is 1. The quantitative estimate of drug-likeness (QED) is 0.296. The Balaban J connectivity index is 1.27. The summed E-state index contributed by atoms with van der Waals surface area (Å²) in [6.07, 6.45) is 4.09. The molecule has 1 N–H and O–H groups in total. The maximum atomic E-state index is 12.9. The Morgan fingerprint density at radius 3 is 2.13 bits per heavy atom. The van der Waals surface area contributed by atoms with E-state index in [2.05, 4.69) is 12.2 Å². The van der Waals surface area contributed by atoms with Crippen LogP contribution in [0.2, 0.25) is 0 Å². The van der Waals surface area contributed by atoms with Gasteiger partial charge in [-0.05, 0) is 80.1 Å². The van der Waals surface area contributed by atoms with Gasteiger partial charge >= 0.3 is 11.9 Å². The number of amides is 3. The molecule has 200 valence electrons. The van der Waals surface area contributed by atoms with Crippen molar-refractivity contribution in [2.24, 2.45) is 17.8 Å². The van der Waals surface area contributed by atoms with Gasteiger partial charge in [-0.1, -0.05) is 20.3 Å². The van der Waals surface area contributed by atoms with Gasteiger partial charge in [-0.15, -0.1) is 0 Å². The number of carbonyl (C=O) groups is 5. The van der Waals surface area contributed by atoms with Gasteiger partial charge < -0.3 is 14.8 Å². The van der Waals surface area contributed by atoms with E-state index in [1.54, 1.807) is 36.4 Å². The Kier molecular flexibility index (Phi) is 8.55. The summed E-state index contributed by atoms with van der Waals surface area (Å²) in [5.74, 6) is -2.16. The summed E-state index contributed by atoms with van der Waals surface area (Å²) >= 11 is 0. The van der Waals surface area contributed by atoms with Crippen molar-refractivity contribution in [3.05, 3.63) is 59.7 Å². The number of rotatable bonds is 9. The molecule has 0 bridgehead atoms. The molecule has 1 saturated heterocycles. The third-order valence-corrected chi connectivity index (χ3v) is 7.02. The molecule has 0 radical (unpaired) electrons. The maximum absolute atomic E-state index is 12.9. The third-order valence-electron chi connectivity index (χ3n) is 7.02. The molecular formula is C29H32N2O7. The zero-order valence-electron chi connectivity index (χ0n) is 21.6. The second-order valence-electron chi connectivity index (χ2n) is 9.88. The Morgan fingerprint density at radius 1 is 0.868 bits per heavy atom. The predicted octanol–water partition coefficient (Wildman–Crippen LogP) is 4.36. The number of carbonyl (C=O) groups excluding carboxylic acids is 5. The van der Waals surface area contributed by atoms with Crippen LogP contribution in [0.15, 0.2) is 48.5 Å². The molecule has 9 heteroatoms. The fraction of sp³-hybridized carbons (Fsp3) is 0.414. The number of hydrogen-bond donors (Lipinski definition) is 1. The van der Waals surface area contributed by atoms with E-state index < -0.39 is 24.5 Å².